The van der Waals surface area contributed by atoms with E-state index in [1.165, 1.54) is 37.8 Å². The maximum Gasteiger partial charge on any atom is 0.270 e. The summed E-state index contributed by atoms with van der Waals surface area (Å²) in [7, 11) is 4.26. The van der Waals surface area contributed by atoms with Crippen LogP contribution in [0.1, 0.15) is 31.2 Å². The van der Waals surface area contributed by atoms with E-state index in [9.17, 15) is 10.1 Å². The molecule has 1 saturated carbocycles. The second-order valence-corrected chi connectivity index (χ2v) is 6.37. The van der Waals surface area contributed by atoms with Gasteiger partial charge in [-0.1, -0.05) is 24.4 Å². The lowest BCUT2D eigenvalue weighted by atomic mass is 9.96. The summed E-state index contributed by atoms with van der Waals surface area (Å²) in [6.45, 7) is 1.54. The summed E-state index contributed by atoms with van der Waals surface area (Å²) < 4.78 is 0. The molecular formula is C15H22ClN3O2. The van der Waals surface area contributed by atoms with Gasteiger partial charge < -0.3 is 10.2 Å². The normalized spacial score (nSPS) is 17.3. The van der Waals surface area contributed by atoms with Crippen molar-refractivity contribution in [3.05, 3.63) is 38.9 Å². The molecule has 1 fully saturated rings. The third kappa shape index (κ3) is 3.73. The van der Waals surface area contributed by atoms with Crippen molar-refractivity contribution in [2.24, 2.45) is 0 Å². The van der Waals surface area contributed by atoms with Crippen LogP contribution < -0.4 is 5.32 Å². The number of nitro benzene ring substituents is 1. The molecule has 0 atom stereocenters. The standard InChI is InChI=1S/C15H22ClN3O2/c1-18(2)15(7-3-4-8-15)11-17-10-12-5-6-13(19(20)21)9-14(12)16/h5-6,9,17H,3-4,7-8,10-11H2,1-2H3. The van der Waals surface area contributed by atoms with Gasteiger partial charge in [0.05, 0.1) is 9.95 Å². The largest absolute Gasteiger partial charge is 0.311 e. The van der Waals surface area contributed by atoms with Gasteiger partial charge in [-0.25, -0.2) is 0 Å². The highest BCUT2D eigenvalue weighted by Gasteiger charge is 2.35. The van der Waals surface area contributed by atoms with Crippen molar-refractivity contribution in [2.45, 2.75) is 37.8 Å². The van der Waals surface area contributed by atoms with Crippen LogP contribution in [-0.2, 0) is 6.54 Å². The number of likely N-dealkylation sites (N-methyl/N-ethyl adjacent to an activating group) is 1. The maximum atomic E-state index is 10.7. The van der Waals surface area contributed by atoms with E-state index in [0.29, 0.717) is 11.6 Å². The zero-order valence-corrected chi connectivity index (χ0v) is 13.3. The summed E-state index contributed by atoms with van der Waals surface area (Å²) >= 11 is 6.11. The molecule has 1 aromatic rings. The fourth-order valence-electron chi connectivity index (χ4n) is 3.04. The van der Waals surface area contributed by atoms with E-state index < -0.39 is 4.92 Å². The van der Waals surface area contributed by atoms with Gasteiger partial charge in [-0.05, 0) is 38.6 Å². The smallest absolute Gasteiger partial charge is 0.270 e. The van der Waals surface area contributed by atoms with Gasteiger partial charge in [-0.2, -0.15) is 0 Å². The number of benzene rings is 1. The third-order valence-corrected chi connectivity index (χ3v) is 4.85. The summed E-state index contributed by atoms with van der Waals surface area (Å²) in [4.78, 5) is 12.6. The summed E-state index contributed by atoms with van der Waals surface area (Å²) in [6, 6.07) is 4.64. The highest BCUT2D eigenvalue weighted by molar-refractivity contribution is 6.31. The SMILES string of the molecule is CN(C)C1(CNCc2ccc([N+](=O)[O-])cc2Cl)CCCC1. The van der Waals surface area contributed by atoms with Crippen LogP contribution in [0.25, 0.3) is 0 Å². The van der Waals surface area contributed by atoms with Crippen molar-refractivity contribution in [3.8, 4) is 0 Å². The highest BCUT2D eigenvalue weighted by Crippen LogP contribution is 2.33. The van der Waals surface area contributed by atoms with Crippen LogP contribution in [-0.4, -0.2) is 36.0 Å². The lowest BCUT2D eigenvalue weighted by Crippen LogP contribution is -2.49. The molecule has 0 saturated heterocycles. The number of halogens is 1. The van der Waals surface area contributed by atoms with Crippen molar-refractivity contribution in [1.82, 2.24) is 10.2 Å². The van der Waals surface area contributed by atoms with Gasteiger partial charge in [-0.3, -0.25) is 10.1 Å². The quantitative estimate of drug-likeness (QED) is 0.647. The number of non-ortho nitro benzene ring substituents is 1. The van der Waals surface area contributed by atoms with Crippen molar-refractivity contribution in [2.75, 3.05) is 20.6 Å². The number of rotatable bonds is 6. The molecular weight excluding hydrogens is 290 g/mol. The molecule has 0 bridgehead atoms. The summed E-state index contributed by atoms with van der Waals surface area (Å²) in [5, 5.41) is 14.6. The number of nitrogens with one attached hydrogen (secondary N) is 1. The number of hydrogen-bond acceptors (Lipinski definition) is 4. The molecule has 1 N–H and O–H groups in total. The van der Waals surface area contributed by atoms with Crippen LogP contribution in [0, 0.1) is 10.1 Å². The zero-order chi connectivity index (χ0) is 15.5. The molecule has 1 aliphatic rings. The van der Waals surface area contributed by atoms with Gasteiger partial charge >= 0.3 is 0 Å². The first-order valence-corrected chi connectivity index (χ1v) is 7.63. The van der Waals surface area contributed by atoms with Crippen LogP contribution in [0.5, 0.6) is 0 Å². The van der Waals surface area contributed by atoms with E-state index in [4.69, 9.17) is 11.6 Å². The average molecular weight is 312 g/mol. The lowest BCUT2D eigenvalue weighted by Gasteiger charge is -2.36. The van der Waals surface area contributed by atoms with Crippen molar-refractivity contribution >= 4 is 17.3 Å². The second kappa shape index (κ2) is 6.73. The van der Waals surface area contributed by atoms with Gasteiger partial charge in [-0.15, -0.1) is 0 Å². The Balaban J connectivity index is 1.95. The van der Waals surface area contributed by atoms with Crippen LogP contribution in [0.15, 0.2) is 18.2 Å². The Bertz CT molecular complexity index is 514. The first kappa shape index (κ1) is 16.2. The van der Waals surface area contributed by atoms with Crippen LogP contribution in [0.4, 0.5) is 5.69 Å². The van der Waals surface area contributed by atoms with Gasteiger partial charge in [0.2, 0.25) is 0 Å². The topological polar surface area (TPSA) is 58.4 Å². The molecule has 1 aliphatic carbocycles. The van der Waals surface area contributed by atoms with Gasteiger partial charge in [0.25, 0.3) is 5.69 Å². The Morgan fingerprint density at radius 1 is 1.38 bits per heavy atom. The summed E-state index contributed by atoms with van der Waals surface area (Å²) in [5.74, 6) is 0. The molecule has 6 heteroatoms. The molecule has 116 valence electrons. The summed E-state index contributed by atoms with van der Waals surface area (Å²) in [6.07, 6.45) is 4.97. The molecule has 0 aliphatic heterocycles. The van der Waals surface area contributed by atoms with E-state index in [1.807, 2.05) is 0 Å². The predicted octanol–water partition coefficient (Wildman–Crippen LogP) is 3.21. The van der Waals surface area contributed by atoms with E-state index in [1.54, 1.807) is 6.07 Å². The molecule has 21 heavy (non-hydrogen) atoms. The fraction of sp³-hybridized carbons (Fsp3) is 0.600. The van der Waals surface area contributed by atoms with E-state index in [2.05, 4.69) is 24.3 Å². The molecule has 2 rings (SSSR count). The molecule has 0 unspecified atom stereocenters. The zero-order valence-electron chi connectivity index (χ0n) is 12.6. The molecule has 5 nitrogen and oxygen atoms in total. The van der Waals surface area contributed by atoms with Crippen LogP contribution >= 0.6 is 11.6 Å². The maximum absolute atomic E-state index is 10.7. The first-order chi connectivity index (χ1) is 9.94. The van der Waals surface area contributed by atoms with Crippen molar-refractivity contribution in [3.63, 3.8) is 0 Å². The average Bonchev–Trinajstić information content (AvgIpc) is 2.90. The van der Waals surface area contributed by atoms with E-state index >= 15 is 0 Å². The van der Waals surface area contributed by atoms with Gasteiger partial charge in [0.15, 0.2) is 0 Å². The Morgan fingerprint density at radius 3 is 2.57 bits per heavy atom. The number of nitrogens with zero attached hydrogens (tertiary/aromatic N) is 2. The molecule has 0 radical (unpaired) electrons. The minimum Gasteiger partial charge on any atom is -0.311 e. The number of hydrogen-bond donors (Lipinski definition) is 1. The molecule has 0 amide bonds. The first-order valence-electron chi connectivity index (χ1n) is 7.26. The summed E-state index contributed by atoms with van der Waals surface area (Å²) in [5.41, 5.74) is 1.16. The number of nitro groups is 1. The second-order valence-electron chi connectivity index (χ2n) is 5.96. The third-order valence-electron chi connectivity index (χ3n) is 4.50. The Hall–Kier alpha value is -1.17. The highest BCUT2D eigenvalue weighted by atomic mass is 35.5. The van der Waals surface area contributed by atoms with Crippen LogP contribution in [0.2, 0.25) is 5.02 Å². The predicted molar refractivity (Wildman–Crippen MR) is 84.7 cm³/mol. The minimum atomic E-state index is -0.428. The monoisotopic (exact) mass is 311 g/mol. The van der Waals surface area contributed by atoms with Gasteiger partial charge in [0, 0.05) is 30.8 Å². The molecule has 0 spiro atoms. The Morgan fingerprint density at radius 2 is 2.05 bits per heavy atom. The minimum absolute atomic E-state index is 0.0318. The molecule has 0 aromatic heterocycles. The van der Waals surface area contributed by atoms with Crippen LogP contribution in [0.3, 0.4) is 0 Å². The molecule has 1 aromatic carbocycles. The van der Waals surface area contributed by atoms with E-state index in [-0.39, 0.29) is 11.2 Å². The fourth-order valence-corrected chi connectivity index (χ4v) is 3.28. The van der Waals surface area contributed by atoms with Gasteiger partial charge in [0.1, 0.15) is 0 Å². The van der Waals surface area contributed by atoms with Crippen molar-refractivity contribution < 1.29 is 4.92 Å². The Labute approximate surface area is 130 Å². The van der Waals surface area contributed by atoms with Crippen molar-refractivity contribution in [1.29, 1.82) is 0 Å². The lowest BCUT2D eigenvalue weighted by molar-refractivity contribution is -0.384. The van der Waals surface area contributed by atoms with E-state index in [0.717, 1.165) is 12.1 Å². The molecule has 0 heterocycles. The Kier molecular flexibility index (Phi) is 5.19.